The molecule has 1 aromatic rings. The topological polar surface area (TPSA) is 84.3 Å². The molecular weight excluding hydrogens is 358 g/mol. The largest absolute Gasteiger partial charge is 0.382 e. The van der Waals surface area contributed by atoms with E-state index in [-0.39, 0.29) is 0 Å². The Morgan fingerprint density at radius 3 is 2.83 bits per heavy atom. The first kappa shape index (κ1) is 13.7. The van der Waals surface area contributed by atoms with Crippen LogP contribution in [0.15, 0.2) is 21.9 Å². The van der Waals surface area contributed by atoms with Crippen molar-refractivity contribution in [2.45, 2.75) is 31.0 Å². The lowest BCUT2D eigenvalue weighted by molar-refractivity contribution is -0.0880. The SMILES string of the molecule is C[C@@]1(O)[C@H](F)[C@@H](CI)O[C@H]1n1ccc(=O)[nH]c1=O. The summed E-state index contributed by atoms with van der Waals surface area (Å²) in [6.45, 7) is 1.27. The first-order valence-corrected chi connectivity index (χ1v) is 6.80. The van der Waals surface area contributed by atoms with E-state index in [0.29, 0.717) is 4.43 Å². The average molecular weight is 370 g/mol. The Kier molecular flexibility index (Phi) is 3.60. The zero-order valence-corrected chi connectivity index (χ0v) is 11.6. The van der Waals surface area contributed by atoms with E-state index in [9.17, 15) is 19.1 Å². The van der Waals surface area contributed by atoms with Crippen molar-refractivity contribution in [3.63, 3.8) is 0 Å². The van der Waals surface area contributed by atoms with Crippen molar-refractivity contribution in [1.82, 2.24) is 9.55 Å². The van der Waals surface area contributed by atoms with E-state index in [4.69, 9.17) is 4.74 Å². The van der Waals surface area contributed by atoms with Gasteiger partial charge in [-0.15, -0.1) is 0 Å². The van der Waals surface area contributed by atoms with Crippen LogP contribution in [0.2, 0.25) is 0 Å². The number of H-pyrrole nitrogens is 1. The van der Waals surface area contributed by atoms with Crippen LogP contribution < -0.4 is 11.2 Å². The van der Waals surface area contributed by atoms with Crippen LogP contribution in [0.3, 0.4) is 0 Å². The van der Waals surface area contributed by atoms with Crippen molar-refractivity contribution in [2.24, 2.45) is 0 Å². The van der Waals surface area contributed by atoms with E-state index >= 15 is 0 Å². The first-order valence-electron chi connectivity index (χ1n) is 5.27. The fraction of sp³-hybridized carbons (Fsp3) is 0.600. The van der Waals surface area contributed by atoms with E-state index in [1.54, 1.807) is 0 Å². The van der Waals surface area contributed by atoms with Crippen LogP contribution in [0.25, 0.3) is 0 Å². The highest BCUT2D eigenvalue weighted by atomic mass is 127. The normalized spacial score (nSPS) is 35.9. The summed E-state index contributed by atoms with van der Waals surface area (Å²) in [6.07, 6.45) is -2.36. The van der Waals surface area contributed by atoms with Gasteiger partial charge in [-0.3, -0.25) is 14.3 Å². The lowest BCUT2D eigenvalue weighted by Crippen LogP contribution is -2.44. The molecule has 1 aliphatic rings. The molecule has 0 aromatic carbocycles. The summed E-state index contributed by atoms with van der Waals surface area (Å²) in [6, 6.07) is 1.12. The number of nitrogens with one attached hydrogen (secondary N) is 1. The molecule has 0 unspecified atom stereocenters. The molecule has 2 rings (SSSR count). The number of aromatic amines is 1. The van der Waals surface area contributed by atoms with Crippen molar-refractivity contribution in [3.05, 3.63) is 33.1 Å². The van der Waals surface area contributed by atoms with Gasteiger partial charge in [-0.2, -0.15) is 0 Å². The second kappa shape index (κ2) is 4.74. The molecule has 1 saturated heterocycles. The Bertz CT molecular complexity index is 555. The lowest BCUT2D eigenvalue weighted by atomic mass is 9.98. The minimum absolute atomic E-state index is 0.351. The molecule has 18 heavy (non-hydrogen) atoms. The van der Waals surface area contributed by atoms with E-state index < -0.39 is 35.4 Å². The number of rotatable bonds is 2. The van der Waals surface area contributed by atoms with Crippen LogP contribution in [-0.4, -0.2) is 37.0 Å². The van der Waals surface area contributed by atoms with Crippen molar-refractivity contribution >= 4 is 22.6 Å². The molecule has 0 amide bonds. The van der Waals surface area contributed by atoms with Crippen molar-refractivity contribution in [3.8, 4) is 0 Å². The van der Waals surface area contributed by atoms with Gasteiger partial charge in [0.05, 0.1) is 0 Å². The Balaban J connectivity index is 2.45. The van der Waals surface area contributed by atoms with Gasteiger partial charge < -0.3 is 9.84 Å². The third kappa shape index (κ3) is 2.12. The molecule has 1 fully saturated rings. The molecule has 4 atom stereocenters. The smallest absolute Gasteiger partial charge is 0.330 e. The summed E-state index contributed by atoms with van der Waals surface area (Å²) >= 11 is 1.94. The molecule has 0 radical (unpaired) electrons. The predicted molar refractivity (Wildman–Crippen MR) is 69.6 cm³/mol. The van der Waals surface area contributed by atoms with Crippen LogP contribution in [-0.2, 0) is 4.74 Å². The Morgan fingerprint density at radius 2 is 2.33 bits per heavy atom. The number of aliphatic hydroxyl groups is 1. The maximum Gasteiger partial charge on any atom is 0.330 e. The fourth-order valence-corrected chi connectivity index (χ4v) is 2.61. The third-order valence-corrected chi connectivity index (χ3v) is 3.81. The van der Waals surface area contributed by atoms with Crippen LogP contribution in [0.4, 0.5) is 4.39 Å². The molecule has 1 aliphatic heterocycles. The number of hydrogen-bond acceptors (Lipinski definition) is 4. The zero-order valence-electron chi connectivity index (χ0n) is 9.47. The molecule has 6 nitrogen and oxygen atoms in total. The molecule has 2 heterocycles. The highest BCUT2D eigenvalue weighted by molar-refractivity contribution is 14.1. The molecule has 2 N–H and O–H groups in total. The number of hydrogen-bond donors (Lipinski definition) is 2. The molecule has 0 bridgehead atoms. The summed E-state index contributed by atoms with van der Waals surface area (Å²) in [5.74, 6) is 0. The second-order valence-electron chi connectivity index (χ2n) is 4.33. The average Bonchev–Trinajstić information content (AvgIpc) is 2.52. The predicted octanol–water partition coefficient (Wildman–Crippen LogP) is -0.0419. The minimum atomic E-state index is -1.82. The Labute approximate surface area is 115 Å². The lowest BCUT2D eigenvalue weighted by Gasteiger charge is -2.26. The molecule has 1 aromatic heterocycles. The van der Waals surface area contributed by atoms with E-state index in [1.807, 2.05) is 27.6 Å². The van der Waals surface area contributed by atoms with E-state index in [0.717, 1.165) is 10.6 Å². The van der Waals surface area contributed by atoms with Gasteiger partial charge in [0, 0.05) is 16.7 Å². The summed E-state index contributed by atoms with van der Waals surface area (Å²) < 4.78 is 20.6. The van der Waals surface area contributed by atoms with Gasteiger partial charge in [0.1, 0.15) is 11.7 Å². The van der Waals surface area contributed by atoms with Crippen LogP contribution in [0.1, 0.15) is 13.2 Å². The summed E-state index contributed by atoms with van der Waals surface area (Å²) in [5, 5.41) is 10.1. The third-order valence-electron chi connectivity index (χ3n) is 2.94. The maximum absolute atomic E-state index is 13.9. The first-order chi connectivity index (χ1) is 8.37. The van der Waals surface area contributed by atoms with Gasteiger partial charge in [0.25, 0.3) is 5.56 Å². The van der Waals surface area contributed by atoms with Crippen LogP contribution >= 0.6 is 22.6 Å². The standard InChI is InChI=1S/C10H12FIN2O4/c1-10(17)7(11)5(4-12)18-8(10)14-3-2-6(15)13-9(14)16/h2-3,5,7-8,17H,4H2,1H3,(H,13,15,16)/t5-,7-,8-,10-/m1/s1. The summed E-state index contributed by atoms with van der Waals surface area (Å²) in [5.41, 5.74) is -3.12. The van der Waals surface area contributed by atoms with Crippen molar-refractivity contribution in [2.75, 3.05) is 4.43 Å². The van der Waals surface area contributed by atoms with Crippen LogP contribution in [0, 0.1) is 0 Å². The zero-order chi connectivity index (χ0) is 13.5. The summed E-state index contributed by atoms with van der Waals surface area (Å²) in [4.78, 5) is 24.6. The van der Waals surface area contributed by atoms with Crippen molar-refractivity contribution in [1.29, 1.82) is 0 Å². The number of ether oxygens (including phenoxy) is 1. The molecule has 100 valence electrons. The van der Waals surface area contributed by atoms with Gasteiger partial charge in [-0.25, -0.2) is 9.18 Å². The highest BCUT2D eigenvalue weighted by Gasteiger charge is 2.54. The number of halogens is 2. The van der Waals surface area contributed by atoms with Gasteiger partial charge in [0.2, 0.25) is 0 Å². The highest BCUT2D eigenvalue weighted by Crippen LogP contribution is 2.39. The maximum atomic E-state index is 13.9. The van der Waals surface area contributed by atoms with Gasteiger partial charge in [-0.1, -0.05) is 22.6 Å². The Morgan fingerprint density at radius 1 is 1.67 bits per heavy atom. The minimum Gasteiger partial charge on any atom is -0.382 e. The second-order valence-corrected chi connectivity index (χ2v) is 5.21. The number of nitrogens with zero attached hydrogens (tertiary/aromatic N) is 1. The quantitative estimate of drug-likeness (QED) is 0.565. The van der Waals surface area contributed by atoms with E-state index in [2.05, 4.69) is 0 Å². The van der Waals surface area contributed by atoms with Crippen molar-refractivity contribution < 1.29 is 14.2 Å². The van der Waals surface area contributed by atoms with Gasteiger partial charge >= 0.3 is 5.69 Å². The monoisotopic (exact) mass is 370 g/mol. The molecule has 0 spiro atoms. The van der Waals surface area contributed by atoms with Gasteiger partial charge in [-0.05, 0) is 6.92 Å². The van der Waals surface area contributed by atoms with Crippen LogP contribution in [0.5, 0.6) is 0 Å². The molecule has 0 saturated carbocycles. The molecular formula is C10H12FIN2O4. The molecule has 0 aliphatic carbocycles. The van der Waals surface area contributed by atoms with Gasteiger partial charge in [0.15, 0.2) is 12.4 Å². The summed E-state index contributed by atoms with van der Waals surface area (Å²) in [7, 11) is 0. The fourth-order valence-electron chi connectivity index (χ4n) is 1.96. The number of aromatic nitrogens is 2. The number of alkyl halides is 2. The molecule has 8 heteroatoms. The Hall–Kier alpha value is -0.740. The van der Waals surface area contributed by atoms with E-state index in [1.165, 1.54) is 13.1 Å².